The molecular formula is C48H79N7O12. The van der Waals surface area contributed by atoms with Gasteiger partial charge in [-0.3, -0.25) is 52.7 Å². The van der Waals surface area contributed by atoms with E-state index in [1.54, 1.807) is 6.92 Å². The number of primary amides is 1. The SMILES string of the molecule is CCC(C)[C@H](CC(=O)[C@H](CCC(N)=O)NC(=O)CCC(=O)[C@@H]1C[C@@H](O)CN1)C(=O)NCC(=O)C[C@@H](CC(C)C)C(=O)N[C@@H](C)C(=O)CCC(=O)N1CCC[C@H]1C(=O)C[C@@H](CCCCN)C(C)=O. The molecule has 2 rings (SSSR count). The number of unbranched alkanes of at least 4 members (excludes halogenated alkanes) is 1. The smallest absolute Gasteiger partial charge is 0.224 e. The Bertz CT molecular complexity index is 1750. The van der Waals surface area contributed by atoms with Crippen molar-refractivity contribution in [1.82, 2.24) is 26.2 Å². The van der Waals surface area contributed by atoms with E-state index in [1.807, 2.05) is 20.8 Å². The number of nitrogens with one attached hydrogen (secondary N) is 4. The maximum Gasteiger partial charge on any atom is 0.224 e. The first-order chi connectivity index (χ1) is 31.6. The largest absolute Gasteiger partial charge is 0.392 e. The van der Waals surface area contributed by atoms with Gasteiger partial charge in [-0.25, -0.2) is 0 Å². The first-order valence-electron chi connectivity index (χ1n) is 24.3. The number of hydrogen-bond donors (Lipinski definition) is 7. The summed E-state index contributed by atoms with van der Waals surface area (Å²) >= 11 is 0. The van der Waals surface area contributed by atoms with Crippen molar-refractivity contribution >= 4 is 64.2 Å². The van der Waals surface area contributed by atoms with Crippen LogP contribution in [0.25, 0.3) is 0 Å². The van der Waals surface area contributed by atoms with Crippen molar-refractivity contribution in [3.8, 4) is 0 Å². The molecule has 67 heavy (non-hydrogen) atoms. The Morgan fingerprint density at radius 1 is 0.791 bits per heavy atom. The summed E-state index contributed by atoms with van der Waals surface area (Å²) in [4.78, 5) is 144. The fourth-order valence-corrected chi connectivity index (χ4v) is 8.72. The predicted octanol–water partition coefficient (Wildman–Crippen LogP) is 1.31. The second-order valence-electron chi connectivity index (χ2n) is 19.1. The average molecular weight is 946 g/mol. The first-order valence-corrected chi connectivity index (χ1v) is 24.3. The zero-order chi connectivity index (χ0) is 50.4. The van der Waals surface area contributed by atoms with Crippen molar-refractivity contribution < 1.29 is 57.8 Å². The third kappa shape index (κ3) is 21.0. The molecule has 19 nitrogen and oxygen atoms in total. The highest BCUT2D eigenvalue weighted by molar-refractivity contribution is 5.97. The van der Waals surface area contributed by atoms with Crippen LogP contribution in [0.3, 0.4) is 0 Å². The number of carbonyl (C=O) groups is 11. The molecule has 2 aliphatic rings. The Balaban J connectivity index is 1.98. The van der Waals surface area contributed by atoms with Crippen molar-refractivity contribution in [3.05, 3.63) is 0 Å². The highest BCUT2D eigenvalue weighted by Crippen LogP contribution is 2.25. The minimum atomic E-state index is -1.17. The Kier molecular flexibility index (Phi) is 26.0. The van der Waals surface area contributed by atoms with Gasteiger partial charge in [0.05, 0.1) is 36.8 Å². The maximum absolute atomic E-state index is 13.6. The van der Waals surface area contributed by atoms with Crippen LogP contribution in [0, 0.1) is 29.6 Å². The van der Waals surface area contributed by atoms with E-state index in [9.17, 15) is 57.8 Å². The van der Waals surface area contributed by atoms with Crippen molar-refractivity contribution in [2.45, 2.75) is 181 Å². The number of carbonyl (C=O) groups excluding carboxylic acids is 11. The molecule has 0 aliphatic carbocycles. The second-order valence-corrected chi connectivity index (χ2v) is 19.1. The lowest BCUT2D eigenvalue weighted by atomic mass is 9.84. The molecule has 0 saturated carbocycles. The van der Waals surface area contributed by atoms with Gasteiger partial charge >= 0.3 is 0 Å². The van der Waals surface area contributed by atoms with Gasteiger partial charge in [-0.15, -0.1) is 0 Å². The van der Waals surface area contributed by atoms with E-state index in [0.29, 0.717) is 45.2 Å². The van der Waals surface area contributed by atoms with Crippen LogP contribution in [0.15, 0.2) is 0 Å². The van der Waals surface area contributed by atoms with Gasteiger partial charge in [0.2, 0.25) is 29.5 Å². The van der Waals surface area contributed by atoms with Crippen LogP contribution in [0.1, 0.15) is 151 Å². The number of rotatable bonds is 34. The van der Waals surface area contributed by atoms with Crippen LogP contribution in [0.2, 0.25) is 0 Å². The number of nitrogens with two attached hydrogens (primary N) is 2. The molecule has 19 heteroatoms. The standard InChI is InChI=1S/C48H79N7O12/c1-7-29(4)36(25-42(61)37(13-16-44(50)63)54-45(64)17-14-41(60)38-24-35(58)26-51-38)48(67)52-27-34(57)22-33(21-28(2)3)47(66)53-30(5)40(59)15-18-46(65)55-20-10-12-39(55)43(62)23-32(31(6)56)11-8-9-19-49/h28-30,32-33,35-39,51,58H,7-27,49H2,1-6H3,(H2,50,63)(H,52,67)(H,53,66)(H,54,64)/t29?,30-,32+,33+,35+,36-,37-,38-,39-/m0/s1. The monoisotopic (exact) mass is 946 g/mol. The average Bonchev–Trinajstić information content (AvgIpc) is 3.95. The van der Waals surface area contributed by atoms with Gasteiger partial charge in [-0.2, -0.15) is 0 Å². The molecule has 0 aromatic carbocycles. The van der Waals surface area contributed by atoms with Gasteiger partial charge < -0.3 is 42.7 Å². The molecule has 0 bridgehead atoms. The fourth-order valence-electron chi connectivity index (χ4n) is 8.72. The Hall–Kier alpha value is -4.75. The molecule has 2 aliphatic heterocycles. The quantitative estimate of drug-likeness (QED) is 0.0448. The predicted molar refractivity (Wildman–Crippen MR) is 248 cm³/mol. The lowest BCUT2D eigenvalue weighted by Crippen LogP contribution is -2.45. The summed E-state index contributed by atoms with van der Waals surface area (Å²) < 4.78 is 0. The molecular weight excluding hydrogens is 867 g/mol. The zero-order valence-corrected chi connectivity index (χ0v) is 40.7. The van der Waals surface area contributed by atoms with Gasteiger partial charge in [-0.05, 0) is 77.2 Å². The summed E-state index contributed by atoms with van der Waals surface area (Å²) in [7, 11) is 0. The van der Waals surface area contributed by atoms with Crippen molar-refractivity contribution in [2.75, 3.05) is 26.2 Å². The van der Waals surface area contributed by atoms with Crippen LogP contribution >= 0.6 is 0 Å². The van der Waals surface area contributed by atoms with E-state index in [-0.39, 0.29) is 106 Å². The number of likely N-dealkylation sites (tertiary alicyclic amines) is 1. The minimum Gasteiger partial charge on any atom is -0.392 e. The van der Waals surface area contributed by atoms with Gasteiger partial charge in [0.15, 0.2) is 23.1 Å². The molecule has 378 valence electrons. The highest BCUT2D eigenvalue weighted by Gasteiger charge is 2.36. The van der Waals surface area contributed by atoms with E-state index in [1.165, 1.54) is 18.7 Å². The van der Waals surface area contributed by atoms with Crippen LogP contribution in [0.5, 0.6) is 0 Å². The molecule has 0 aromatic heterocycles. The van der Waals surface area contributed by atoms with Gasteiger partial charge in [0, 0.05) is 82.2 Å². The Morgan fingerprint density at radius 3 is 2.09 bits per heavy atom. The van der Waals surface area contributed by atoms with Crippen LogP contribution in [-0.2, 0) is 52.7 Å². The first kappa shape index (κ1) is 58.4. The number of ketones is 6. The van der Waals surface area contributed by atoms with Crippen LogP contribution < -0.4 is 32.7 Å². The Labute approximate surface area is 395 Å². The minimum absolute atomic E-state index is 0.0165. The summed E-state index contributed by atoms with van der Waals surface area (Å²) in [5.74, 6) is -7.24. The summed E-state index contributed by atoms with van der Waals surface area (Å²) in [5, 5.41) is 20.5. The van der Waals surface area contributed by atoms with E-state index < -0.39 is 95.5 Å². The summed E-state index contributed by atoms with van der Waals surface area (Å²) in [6.45, 7) is 11.0. The topological polar surface area (TPSA) is 311 Å². The van der Waals surface area contributed by atoms with Crippen molar-refractivity contribution in [2.24, 2.45) is 41.1 Å². The number of hydrogen-bond acceptors (Lipinski definition) is 14. The van der Waals surface area contributed by atoms with Crippen molar-refractivity contribution in [3.63, 3.8) is 0 Å². The second kappa shape index (κ2) is 29.9. The molecule has 5 amide bonds. The molecule has 0 aromatic rings. The third-order valence-electron chi connectivity index (χ3n) is 13.0. The molecule has 1 unspecified atom stereocenters. The number of nitrogens with zero attached hydrogens (tertiary/aromatic N) is 1. The molecule has 2 heterocycles. The molecule has 2 saturated heterocycles. The number of aliphatic hydroxyl groups is 1. The molecule has 9 N–H and O–H groups in total. The van der Waals surface area contributed by atoms with E-state index in [0.717, 1.165) is 12.8 Å². The van der Waals surface area contributed by atoms with Crippen molar-refractivity contribution in [1.29, 1.82) is 0 Å². The van der Waals surface area contributed by atoms with Crippen LogP contribution in [0.4, 0.5) is 0 Å². The van der Waals surface area contributed by atoms with E-state index in [2.05, 4.69) is 21.3 Å². The highest BCUT2D eigenvalue weighted by atomic mass is 16.3. The van der Waals surface area contributed by atoms with Gasteiger partial charge in [0.1, 0.15) is 11.6 Å². The number of amides is 5. The zero-order valence-electron chi connectivity index (χ0n) is 40.7. The Morgan fingerprint density at radius 2 is 1.49 bits per heavy atom. The molecule has 0 radical (unpaired) electrons. The van der Waals surface area contributed by atoms with Crippen LogP contribution in [-0.4, -0.2) is 131 Å². The number of aliphatic hydroxyl groups excluding tert-OH is 1. The summed E-state index contributed by atoms with van der Waals surface area (Å²) in [6.07, 6.45) is 1.91. The van der Waals surface area contributed by atoms with E-state index in [4.69, 9.17) is 11.5 Å². The number of β-amino-alcohol motifs (C(OH)–C–C–N with tert-alkyl or cyclic N) is 1. The van der Waals surface area contributed by atoms with E-state index >= 15 is 0 Å². The third-order valence-corrected chi connectivity index (χ3v) is 13.0. The number of Topliss-reactive ketones (excluding diaryl/α,β-unsaturated/α-hetero) is 6. The molecule has 9 atom stereocenters. The lowest BCUT2D eigenvalue weighted by molar-refractivity contribution is -0.139. The summed E-state index contributed by atoms with van der Waals surface area (Å²) in [6, 6.07) is -3.38. The van der Waals surface area contributed by atoms with Gasteiger partial charge in [0.25, 0.3) is 0 Å². The molecule has 2 fully saturated rings. The van der Waals surface area contributed by atoms with Gasteiger partial charge in [-0.1, -0.05) is 40.5 Å². The molecule has 0 spiro atoms. The lowest BCUT2D eigenvalue weighted by Gasteiger charge is -2.25. The maximum atomic E-state index is 13.6. The normalized spacial score (nSPS) is 19.7. The summed E-state index contributed by atoms with van der Waals surface area (Å²) in [5.41, 5.74) is 10.9. The fraction of sp³-hybridized carbons (Fsp3) is 0.771.